The summed E-state index contributed by atoms with van der Waals surface area (Å²) in [5.41, 5.74) is 3.49. The number of halogens is 1. The average molecular weight is 510 g/mol. The lowest BCUT2D eigenvalue weighted by molar-refractivity contribution is -0.384. The van der Waals surface area contributed by atoms with E-state index < -0.39 is 4.92 Å². The van der Waals surface area contributed by atoms with E-state index in [2.05, 4.69) is 26.2 Å². The van der Waals surface area contributed by atoms with Crippen molar-refractivity contribution in [1.82, 2.24) is 4.98 Å². The van der Waals surface area contributed by atoms with E-state index in [1.807, 2.05) is 48.5 Å². The monoisotopic (exact) mass is 509 g/mol. The molecule has 0 bridgehead atoms. The number of nitro groups is 1. The molecule has 9 heteroatoms. The number of amides is 1. The molecule has 1 heterocycles. The molecule has 0 spiro atoms. The number of carbonyl (C=O) groups excluding carboxylic acids is 1. The zero-order valence-electron chi connectivity index (χ0n) is 16.5. The first-order valence-corrected chi connectivity index (χ1v) is 11.1. The smallest absolute Gasteiger partial charge is 0.269 e. The lowest BCUT2D eigenvalue weighted by Crippen LogP contribution is -2.20. The van der Waals surface area contributed by atoms with Crippen LogP contribution in [0.3, 0.4) is 0 Å². The number of aromatic nitrogens is 1. The predicted molar refractivity (Wildman–Crippen MR) is 128 cm³/mol. The van der Waals surface area contributed by atoms with Crippen LogP contribution in [0.1, 0.15) is 0 Å². The van der Waals surface area contributed by atoms with Crippen molar-refractivity contribution in [3.8, 4) is 28.1 Å². The van der Waals surface area contributed by atoms with E-state index in [0.717, 1.165) is 21.2 Å². The number of benzene rings is 3. The van der Waals surface area contributed by atoms with E-state index in [4.69, 9.17) is 4.74 Å². The van der Waals surface area contributed by atoms with Crippen LogP contribution in [-0.4, -0.2) is 22.4 Å². The molecule has 1 amide bonds. The van der Waals surface area contributed by atoms with Crippen molar-refractivity contribution in [1.29, 1.82) is 0 Å². The second-order valence-corrected chi connectivity index (χ2v) is 8.40. The standard InChI is InChI=1S/C23H16BrN3O4S/c24-19-12-17(15-4-2-1-3-5-15)8-11-21(19)31-13-22(28)26-23-25-20(14-32-23)16-6-9-18(10-7-16)27(29)30/h1-12,14H,13H2,(H,25,26,28). The molecule has 0 saturated carbocycles. The van der Waals surface area contributed by atoms with Crippen molar-refractivity contribution in [3.63, 3.8) is 0 Å². The van der Waals surface area contributed by atoms with Crippen molar-refractivity contribution in [2.45, 2.75) is 0 Å². The Morgan fingerprint density at radius 2 is 1.75 bits per heavy atom. The molecule has 0 aliphatic heterocycles. The molecule has 1 aromatic heterocycles. The number of ether oxygens (including phenoxy) is 1. The van der Waals surface area contributed by atoms with Crippen molar-refractivity contribution >= 4 is 44.0 Å². The van der Waals surface area contributed by atoms with E-state index in [9.17, 15) is 14.9 Å². The first kappa shape index (κ1) is 21.7. The average Bonchev–Trinajstić information content (AvgIpc) is 3.27. The topological polar surface area (TPSA) is 94.4 Å². The third-order valence-corrected chi connectivity index (χ3v) is 5.90. The van der Waals surface area contributed by atoms with Crippen LogP contribution in [-0.2, 0) is 4.79 Å². The van der Waals surface area contributed by atoms with Crippen LogP contribution in [0.4, 0.5) is 10.8 Å². The van der Waals surface area contributed by atoms with Gasteiger partial charge in [0.2, 0.25) is 0 Å². The third-order valence-electron chi connectivity index (χ3n) is 4.52. The first-order valence-electron chi connectivity index (χ1n) is 9.47. The molecule has 0 unspecified atom stereocenters. The SMILES string of the molecule is O=C(COc1ccc(-c2ccccc2)cc1Br)Nc1nc(-c2ccc([N+](=O)[O-])cc2)cs1. The molecule has 32 heavy (non-hydrogen) atoms. The Bertz CT molecular complexity index is 1260. The Labute approximate surface area is 196 Å². The molecule has 0 aliphatic carbocycles. The van der Waals surface area contributed by atoms with Crippen LogP contribution >= 0.6 is 27.3 Å². The minimum absolute atomic E-state index is 0.0117. The Morgan fingerprint density at radius 3 is 2.44 bits per heavy atom. The maximum absolute atomic E-state index is 12.3. The summed E-state index contributed by atoms with van der Waals surface area (Å²) >= 11 is 4.76. The van der Waals surface area contributed by atoms with Gasteiger partial charge in [-0.2, -0.15) is 0 Å². The molecule has 160 valence electrons. The van der Waals surface area contributed by atoms with Crippen LogP contribution in [0.15, 0.2) is 82.6 Å². The van der Waals surface area contributed by atoms with Crippen LogP contribution in [0.5, 0.6) is 5.75 Å². The van der Waals surface area contributed by atoms with Gasteiger partial charge in [0.05, 0.1) is 15.1 Å². The van der Waals surface area contributed by atoms with Crippen LogP contribution in [0, 0.1) is 10.1 Å². The fourth-order valence-corrected chi connectivity index (χ4v) is 4.17. The van der Waals surface area contributed by atoms with Gasteiger partial charge in [-0.05, 0) is 51.3 Å². The number of nitro benzene ring substituents is 1. The summed E-state index contributed by atoms with van der Waals surface area (Å²) in [5.74, 6) is 0.221. The number of nitrogens with zero attached hydrogens (tertiary/aromatic N) is 2. The number of hydrogen-bond donors (Lipinski definition) is 1. The molecule has 0 saturated heterocycles. The molecular weight excluding hydrogens is 494 g/mol. The summed E-state index contributed by atoms with van der Waals surface area (Å²) in [5, 5.41) is 15.7. The number of non-ortho nitro benzene ring substituents is 1. The second-order valence-electron chi connectivity index (χ2n) is 6.69. The lowest BCUT2D eigenvalue weighted by Gasteiger charge is -2.10. The van der Waals surface area contributed by atoms with Gasteiger partial charge in [-0.25, -0.2) is 4.98 Å². The van der Waals surface area contributed by atoms with Gasteiger partial charge in [0.1, 0.15) is 5.75 Å². The maximum atomic E-state index is 12.3. The molecule has 0 aliphatic rings. The predicted octanol–water partition coefficient (Wildman–Crippen LogP) is 6.17. The van der Waals surface area contributed by atoms with Gasteiger partial charge in [0.25, 0.3) is 11.6 Å². The fraction of sp³-hybridized carbons (Fsp3) is 0.0435. The highest BCUT2D eigenvalue weighted by molar-refractivity contribution is 9.10. The number of carbonyl (C=O) groups is 1. The zero-order valence-corrected chi connectivity index (χ0v) is 18.9. The van der Waals surface area contributed by atoms with Crippen molar-refractivity contribution < 1.29 is 14.5 Å². The van der Waals surface area contributed by atoms with Crippen LogP contribution < -0.4 is 10.1 Å². The molecular formula is C23H16BrN3O4S. The van der Waals surface area contributed by atoms with Gasteiger partial charge in [-0.3, -0.25) is 20.2 Å². The lowest BCUT2D eigenvalue weighted by atomic mass is 10.1. The Kier molecular flexibility index (Phi) is 6.58. The summed E-state index contributed by atoms with van der Waals surface area (Å²) in [6, 6.07) is 21.7. The normalized spacial score (nSPS) is 10.5. The van der Waals surface area contributed by atoms with E-state index in [-0.39, 0.29) is 18.2 Å². The van der Waals surface area contributed by atoms with E-state index in [1.165, 1.54) is 23.5 Å². The highest BCUT2D eigenvalue weighted by atomic mass is 79.9. The molecule has 4 aromatic rings. The summed E-state index contributed by atoms with van der Waals surface area (Å²) in [6.45, 7) is -0.171. The van der Waals surface area contributed by atoms with Gasteiger partial charge < -0.3 is 4.74 Å². The third kappa shape index (κ3) is 5.19. The van der Waals surface area contributed by atoms with Crippen molar-refractivity contribution in [2.75, 3.05) is 11.9 Å². The van der Waals surface area contributed by atoms with Crippen LogP contribution in [0.25, 0.3) is 22.4 Å². The zero-order chi connectivity index (χ0) is 22.5. The maximum Gasteiger partial charge on any atom is 0.269 e. The highest BCUT2D eigenvalue weighted by Gasteiger charge is 2.12. The minimum atomic E-state index is -0.454. The van der Waals surface area contributed by atoms with E-state index >= 15 is 0 Å². The molecule has 0 atom stereocenters. The van der Waals surface area contributed by atoms with Gasteiger partial charge in [0, 0.05) is 23.1 Å². The second kappa shape index (κ2) is 9.71. The Balaban J connectivity index is 1.35. The van der Waals surface area contributed by atoms with Gasteiger partial charge in [-0.15, -0.1) is 11.3 Å². The van der Waals surface area contributed by atoms with Gasteiger partial charge in [-0.1, -0.05) is 36.4 Å². The number of thiazole rings is 1. The van der Waals surface area contributed by atoms with Crippen molar-refractivity contribution in [2.24, 2.45) is 0 Å². The molecule has 4 rings (SSSR count). The summed E-state index contributed by atoms with van der Waals surface area (Å²) in [4.78, 5) is 27.0. The molecule has 3 aromatic carbocycles. The number of nitrogens with one attached hydrogen (secondary N) is 1. The van der Waals surface area contributed by atoms with Gasteiger partial charge >= 0.3 is 0 Å². The Hall–Kier alpha value is -3.56. The number of rotatable bonds is 7. The van der Waals surface area contributed by atoms with E-state index in [0.29, 0.717) is 16.6 Å². The Morgan fingerprint density at radius 1 is 1.03 bits per heavy atom. The summed E-state index contributed by atoms with van der Waals surface area (Å²) < 4.78 is 6.39. The molecule has 0 fully saturated rings. The highest BCUT2D eigenvalue weighted by Crippen LogP contribution is 2.31. The molecule has 7 nitrogen and oxygen atoms in total. The largest absolute Gasteiger partial charge is 0.483 e. The summed E-state index contributed by atoms with van der Waals surface area (Å²) in [7, 11) is 0. The van der Waals surface area contributed by atoms with Crippen LogP contribution in [0.2, 0.25) is 0 Å². The number of hydrogen-bond acceptors (Lipinski definition) is 6. The molecule has 1 N–H and O–H groups in total. The van der Waals surface area contributed by atoms with Crippen molar-refractivity contribution in [3.05, 3.63) is 92.8 Å². The first-order chi connectivity index (χ1) is 15.5. The number of anilines is 1. The fourth-order valence-electron chi connectivity index (χ4n) is 2.94. The molecule has 0 radical (unpaired) electrons. The quantitative estimate of drug-likeness (QED) is 0.237. The minimum Gasteiger partial charge on any atom is -0.483 e. The summed E-state index contributed by atoms with van der Waals surface area (Å²) in [6.07, 6.45) is 0. The van der Waals surface area contributed by atoms with Gasteiger partial charge in [0.15, 0.2) is 11.7 Å². The van der Waals surface area contributed by atoms with E-state index in [1.54, 1.807) is 17.5 Å².